The number of aromatic nitrogens is 1. The fourth-order valence-corrected chi connectivity index (χ4v) is 2.40. The van der Waals surface area contributed by atoms with Gasteiger partial charge >= 0.3 is 5.97 Å². The zero-order valence-electron chi connectivity index (χ0n) is 11.9. The number of carboxylic acids is 1. The summed E-state index contributed by atoms with van der Waals surface area (Å²) >= 11 is 1.08. The van der Waals surface area contributed by atoms with Crippen molar-refractivity contribution < 1.29 is 19.4 Å². The van der Waals surface area contributed by atoms with Gasteiger partial charge in [0.2, 0.25) is 0 Å². The molecule has 0 aliphatic carbocycles. The van der Waals surface area contributed by atoms with E-state index >= 15 is 0 Å². The summed E-state index contributed by atoms with van der Waals surface area (Å²) < 4.78 is 5.42. The molecule has 0 radical (unpaired) electrons. The highest BCUT2D eigenvalue weighted by molar-refractivity contribution is 7.17. The highest BCUT2D eigenvalue weighted by Gasteiger charge is 2.20. The zero-order chi connectivity index (χ0) is 15.1. The largest absolute Gasteiger partial charge is 0.476 e. The van der Waals surface area contributed by atoms with E-state index in [1.54, 1.807) is 0 Å². The molecule has 0 saturated carbocycles. The predicted molar refractivity (Wildman–Crippen MR) is 77.9 cm³/mol. The van der Waals surface area contributed by atoms with Gasteiger partial charge in [-0.15, -0.1) is 0 Å². The van der Waals surface area contributed by atoms with Crippen LogP contribution < -0.4 is 5.32 Å². The summed E-state index contributed by atoms with van der Waals surface area (Å²) in [7, 11) is 0. The first-order valence-electron chi connectivity index (χ1n) is 6.52. The van der Waals surface area contributed by atoms with E-state index in [0.29, 0.717) is 18.3 Å². The number of hydrogen-bond donors (Lipinski definition) is 2. The molecule has 6 nitrogen and oxygen atoms in total. The summed E-state index contributed by atoms with van der Waals surface area (Å²) in [5, 5.41) is 12.5. The first-order valence-corrected chi connectivity index (χ1v) is 7.34. The molecule has 0 unspecified atom stereocenters. The number of unbranched alkanes of at least 4 members (excludes halogenated alkanes) is 1. The van der Waals surface area contributed by atoms with Crippen molar-refractivity contribution in [3.05, 3.63) is 10.6 Å². The van der Waals surface area contributed by atoms with E-state index in [-0.39, 0.29) is 22.5 Å². The monoisotopic (exact) mass is 300 g/mol. The molecule has 0 aliphatic heterocycles. The number of aromatic carboxylic acids is 1. The maximum Gasteiger partial charge on any atom is 0.356 e. The second-order valence-electron chi connectivity index (χ2n) is 4.61. The molecule has 1 aromatic rings. The summed E-state index contributed by atoms with van der Waals surface area (Å²) in [6.07, 6.45) is 2.05. The van der Waals surface area contributed by atoms with E-state index in [4.69, 9.17) is 9.84 Å². The van der Waals surface area contributed by atoms with Gasteiger partial charge in [0.15, 0.2) is 16.6 Å². The molecule has 0 aromatic carbocycles. The van der Waals surface area contributed by atoms with Crippen molar-refractivity contribution in [3.63, 3.8) is 0 Å². The lowest BCUT2D eigenvalue weighted by Gasteiger charge is -2.07. The molecule has 0 atom stereocenters. The average Bonchev–Trinajstić information content (AvgIpc) is 2.77. The molecule has 0 spiro atoms. The molecule has 0 aliphatic rings. The van der Waals surface area contributed by atoms with E-state index in [9.17, 15) is 9.59 Å². The number of nitrogens with zero attached hydrogens (tertiary/aromatic N) is 1. The van der Waals surface area contributed by atoms with Gasteiger partial charge in [0.1, 0.15) is 4.88 Å². The Labute approximate surface area is 122 Å². The lowest BCUT2D eigenvalue weighted by Crippen LogP contribution is -2.07. The summed E-state index contributed by atoms with van der Waals surface area (Å²) in [5.74, 6) is -1.46. The standard InChI is InChI=1S/C13H20N2O4S/c1-8(2)19-7-5-4-6-14-13-15-10(12(17)18)11(20-13)9(3)16/h8H,4-7H2,1-3H3,(H,14,15)(H,17,18). The quantitative estimate of drug-likeness (QED) is 0.538. The van der Waals surface area contributed by atoms with Gasteiger partial charge < -0.3 is 15.2 Å². The number of ketones is 1. The molecule has 1 heterocycles. The number of nitrogens with one attached hydrogen (secondary N) is 1. The average molecular weight is 300 g/mol. The van der Waals surface area contributed by atoms with Crippen molar-refractivity contribution in [1.29, 1.82) is 0 Å². The van der Waals surface area contributed by atoms with E-state index in [0.717, 1.165) is 24.2 Å². The Morgan fingerprint density at radius 1 is 1.40 bits per heavy atom. The van der Waals surface area contributed by atoms with E-state index < -0.39 is 5.97 Å². The number of carbonyl (C=O) groups is 2. The van der Waals surface area contributed by atoms with Crippen LogP contribution in [0.1, 0.15) is 53.8 Å². The fraction of sp³-hybridized carbons (Fsp3) is 0.615. The summed E-state index contributed by atoms with van der Waals surface area (Å²) in [6, 6.07) is 0. The molecule has 2 N–H and O–H groups in total. The third-order valence-electron chi connectivity index (χ3n) is 2.45. The molecule has 0 amide bonds. The molecule has 0 fully saturated rings. The lowest BCUT2D eigenvalue weighted by molar-refractivity contribution is 0.0687. The first-order chi connectivity index (χ1) is 9.41. The van der Waals surface area contributed by atoms with Gasteiger partial charge in [0.05, 0.1) is 6.10 Å². The minimum absolute atomic E-state index is 0.173. The SMILES string of the molecule is CC(=O)c1sc(NCCCCOC(C)C)nc1C(=O)O. The van der Waals surface area contributed by atoms with Crippen LogP contribution >= 0.6 is 11.3 Å². The van der Waals surface area contributed by atoms with Crippen LogP contribution in [0, 0.1) is 0 Å². The third-order valence-corrected chi connectivity index (χ3v) is 3.56. The molecule has 20 heavy (non-hydrogen) atoms. The topological polar surface area (TPSA) is 88.5 Å². The lowest BCUT2D eigenvalue weighted by atomic mass is 10.3. The van der Waals surface area contributed by atoms with Gasteiger partial charge in [-0.05, 0) is 26.7 Å². The summed E-state index contributed by atoms with van der Waals surface area (Å²) in [5.41, 5.74) is -0.173. The molecule has 0 bridgehead atoms. The molecule has 112 valence electrons. The second kappa shape index (κ2) is 7.96. The minimum atomic E-state index is -1.18. The van der Waals surface area contributed by atoms with Gasteiger partial charge in [-0.25, -0.2) is 9.78 Å². The molecule has 1 aromatic heterocycles. The van der Waals surface area contributed by atoms with Crippen LogP contribution in [0.4, 0.5) is 5.13 Å². The Morgan fingerprint density at radius 2 is 2.10 bits per heavy atom. The van der Waals surface area contributed by atoms with Gasteiger partial charge in [0.25, 0.3) is 0 Å². The van der Waals surface area contributed by atoms with Crippen molar-refractivity contribution in [1.82, 2.24) is 4.98 Å². The molecule has 7 heteroatoms. The highest BCUT2D eigenvalue weighted by atomic mass is 32.1. The van der Waals surface area contributed by atoms with Crippen LogP contribution in [-0.2, 0) is 4.74 Å². The Morgan fingerprint density at radius 3 is 2.60 bits per heavy atom. The molecule has 1 rings (SSSR count). The third kappa shape index (κ3) is 5.26. The Hall–Kier alpha value is -1.47. The van der Waals surface area contributed by atoms with Crippen LogP contribution in [0.15, 0.2) is 0 Å². The molecular formula is C13H20N2O4S. The van der Waals surface area contributed by atoms with Crippen molar-refractivity contribution in [3.8, 4) is 0 Å². The zero-order valence-corrected chi connectivity index (χ0v) is 12.7. The molecular weight excluding hydrogens is 280 g/mol. The van der Waals surface area contributed by atoms with Crippen molar-refractivity contribution in [2.75, 3.05) is 18.5 Å². The van der Waals surface area contributed by atoms with Gasteiger partial charge in [-0.3, -0.25) is 4.79 Å². The number of carboxylic acid groups (broad SMARTS) is 1. The number of carbonyl (C=O) groups excluding carboxylic acids is 1. The van der Waals surface area contributed by atoms with E-state index in [1.165, 1.54) is 6.92 Å². The number of thiazole rings is 1. The minimum Gasteiger partial charge on any atom is -0.476 e. The first kappa shape index (κ1) is 16.6. The van der Waals surface area contributed by atoms with E-state index in [1.807, 2.05) is 13.8 Å². The van der Waals surface area contributed by atoms with Crippen LogP contribution in [-0.4, -0.2) is 41.1 Å². The van der Waals surface area contributed by atoms with Crippen molar-refractivity contribution in [2.24, 2.45) is 0 Å². The van der Waals surface area contributed by atoms with Crippen molar-refractivity contribution in [2.45, 2.75) is 39.7 Å². The number of anilines is 1. The Balaban J connectivity index is 2.43. The predicted octanol–water partition coefficient (Wildman–Crippen LogP) is 2.66. The van der Waals surface area contributed by atoms with E-state index in [2.05, 4.69) is 10.3 Å². The smallest absolute Gasteiger partial charge is 0.356 e. The number of Topliss-reactive ketones (excluding diaryl/α,β-unsaturated/α-hetero) is 1. The summed E-state index contributed by atoms with van der Waals surface area (Å²) in [4.78, 5) is 26.4. The number of rotatable bonds is 9. The second-order valence-corrected chi connectivity index (χ2v) is 5.61. The van der Waals surface area contributed by atoms with Gasteiger partial charge in [-0.2, -0.15) is 0 Å². The van der Waals surface area contributed by atoms with Gasteiger partial charge in [-0.1, -0.05) is 11.3 Å². The van der Waals surface area contributed by atoms with Crippen LogP contribution in [0.5, 0.6) is 0 Å². The van der Waals surface area contributed by atoms with Crippen LogP contribution in [0.3, 0.4) is 0 Å². The highest BCUT2D eigenvalue weighted by Crippen LogP contribution is 2.23. The number of ether oxygens (including phenoxy) is 1. The van der Waals surface area contributed by atoms with Crippen LogP contribution in [0.2, 0.25) is 0 Å². The summed E-state index contributed by atoms with van der Waals surface area (Å²) in [6.45, 7) is 6.70. The maximum atomic E-state index is 11.3. The maximum absolute atomic E-state index is 11.3. The van der Waals surface area contributed by atoms with Gasteiger partial charge in [0, 0.05) is 20.1 Å². The van der Waals surface area contributed by atoms with Crippen LogP contribution in [0.25, 0.3) is 0 Å². The van der Waals surface area contributed by atoms with Crippen molar-refractivity contribution >= 4 is 28.2 Å². The molecule has 0 saturated heterocycles. The Kier molecular flexibility index (Phi) is 6.60. The fourth-order valence-electron chi connectivity index (χ4n) is 1.52. The number of hydrogen-bond acceptors (Lipinski definition) is 6. The Bertz CT molecular complexity index is 439. The normalized spacial score (nSPS) is 10.8.